The van der Waals surface area contributed by atoms with Gasteiger partial charge in [-0.3, -0.25) is 0 Å². The molecule has 1 atom stereocenters. The van der Waals surface area contributed by atoms with Crippen LogP contribution in [0.2, 0.25) is 0 Å². The SMILES string of the molecule is C=CC(=C)[C@@H](CN)NC. The van der Waals surface area contributed by atoms with Gasteiger partial charge in [-0.1, -0.05) is 19.2 Å². The Morgan fingerprint density at radius 2 is 2.44 bits per heavy atom. The molecule has 0 rings (SSSR count). The van der Waals surface area contributed by atoms with Crippen LogP contribution in [0.3, 0.4) is 0 Å². The molecule has 0 aliphatic heterocycles. The third kappa shape index (κ3) is 2.44. The van der Waals surface area contributed by atoms with E-state index >= 15 is 0 Å². The lowest BCUT2D eigenvalue weighted by Gasteiger charge is -2.12. The molecule has 52 valence electrons. The highest BCUT2D eigenvalue weighted by Crippen LogP contribution is 1.96. The van der Waals surface area contributed by atoms with E-state index in [1.54, 1.807) is 6.08 Å². The van der Waals surface area contributed by atoms with Crippen molar-refractivity contribution in [2.75, 3.05) is 13.6 Å². The van der Waals surface area contributed by atoms with Crippen LogP contribution in [0.1, 0.15) is 0 Å². The average Bonchev–Trinajstić information content (AvgIpc) is 1.90. The van der Waals surface area contributed by atoms with Crippen LogP contribution < -0.4 is 11.1 Å². The van der Waals surface area contributed by atoms with Gasteiger partial charge in [0.2, 0.25) is 0 Å². The smallest absolute Gasteiger partial charge is 0.0436 e. The zero-order valence-electron chi connectivity index (χ0n) is 5.85. The van der Waals surface area contributed by atoms with Crippen molar-refractivity contribution in [2.24, 2.45) is 5.73 Å². The zero-order valence-corrected chi connectivity index (χ0v) is 5.85. The Kier molecular flexibility index (Phi) is 4.01. The molecule has 0 aliphatic rings. The van der Waals surface area contributed by atoms with Crippen LogP contribution in [0.25, 0.3) is 0 Å². The fraction of sp³-hybridized carbons (Fsp3) is 0.429. The van der Waals surface area contributed by atoms with Gasteiger partial charge in [0, 0.05) is 12.6 Å². The fourth-order valence-corrected chi connectivity index (χ4v) is 0.597. The normalized spacial score (nSPS) is 12.7. The first-order valence-corrected chi connectivity index (χ1v) is 2.94. The summed E-state index contributed by atoms with van der Waals surface area (Å²) in [6, 6.07) is 0.183. The molecule has 0 heterocycles. The second-order valence-electron chi connectivity index (χ2n) is 1.86. The third-order valence-corrected chi connectivity index (χ3v) is 1.29. The Balaban J connectivity index is 3.78. The van der Waals surface area contributed by atoms with E-state index in [9.17, 15) is 0 Å². The van der Waals surface area contributed by atoms with Crippen molar-refractivity contribution in [3.63, 3.8) is 0 Å². The molecule has 9 heavy (non-hydrogen) atoms. The topological polar surface area (TPSA) is 38.0 Å². The Bertz CT molecular complexity index is 103. The molecule has 2 nitrogen and oxygen atoms in total. The maximum atomic E-state index is 5.39. The molecule has 0 radical (unpaired) electrons. The largest absolute Gasteiger partial charge is 0.329 e. The minimum atomic E-state index is 0.183. The molecule has 0 amide bonds. The van der Waals surface area contributed by atoms with E-state index < -0.39 is 0 Å². The lowest BCUT2D eigenvalue weighted by atomic mass is 10.1. The minimum Gasteiger partial charge on any atom is -0.329 e. The summed E-state index contributed by atoms with van der Waals surface area (Å²) >= 11 is 0. The van der Waals surface area contributed by atoms with Gasteiger partial charge in [-0.05, 0) is 12.6 Å². The van der Waals surface area contributed by atoms with Gasteiger partial charge in [-0.25, -0.2) is 0 Å². The summed E-state index contributed by atoms with van der Waals surface area (Å²) in [5, 5.41) is 3.01. The summed E-state index contributed by atoms with van der Waals surface area (Å²) in [4.78, 5) is 0. The van der Waals surface area contributed by atoms with E-state index in [2.05, 4.69) is 18.5 Å². The molecule has 3 N–H and O–H groups in total. The molecule has 0 aromatic heterocycles. The van der Waals surface area contributed by atoms with Crippen LogP contribution in [0.15, 0.2) is 24.8 Å². The number of likely N-dealkylation sites (N-methyl/N-ethyl adjacent to an activating group) is 1. The van der Waals surface area contributed by atoms with Crippen molar-refractivity contribution < 1.29 is 0 Å². The average molecular weight is 126 g/mol. The molecule has 0 fully saturated rings. The van der Waals surface area contributed by atoms with Crippen LogP contribution in [0.5, 0.6) is 0 Å². The van der Waals surface area contributed by atoms with Crippen molar-refractivity contribution >= 4 is 0 Å². The summed E-state index contributed by atoms with van der Waals surface area (Å²) in [5.41, 5.74) is 6.33. The maximum Gasteiger partial charge on any atom is 0.0436 e. The summed E-state index contributed by atoms with van der Waals surface area (Å²) in [6.45, 7) is 7.91. The van der Waals surface area contributed by atoms with Crippen molar-refractivity contribution in [1.82, 2.24) is 5.32 Å². The molecular weight excluding hydrogens is 112 g/mol. The summed E-state index contributed by atoms with van der Waals surface area (Å²) < 4.78 is 0. The first-order chi connectivity index (χ1) is 4.26. The number of hydrogen-bond donors (Lipinski definition) is 2. The molecule has 0 saturated heterocycles. The minimum absolute atomic E-state index is 0.183. The Hall–Kier alpha value is -0.600. The van der Waals surface area contributed by atoms with Gasteiger partial charge in [-0.2, -0.15) is 0 Å². The highest BCUT2D eigenvalue weighted by molar-refractivity contribution is 5.18. The Labute approximate surface area is 56.4 Å². The van der Waals surface area contributed by atoms with Crippen LogP contribution in [0.4, 0.5) is 0 Å². The van der Waals surface area contributed by atoms with E-state index in [1.165, 1.54) is 0 Å². The van der Waals surface area contributed by atoms with Crippen molar-refractivity contribution in [1.29, 1.82) is 0 Å². The molecule has 0 spiro atoms. The number of nitrogens with one attached hydrogen (secondary N) is 1. The van der Waals surface area contributed by atoms with Crippen LogP contribution in [-0.2, 0) is 0 Å². The molecule has 0 aromatic carbocycles. The second-order valence-corrected chi connectivity index (χ2v) is 1.86. The molecule has 0 bridgehead atoms. The standard InChI is InChI=1S/C7H14N2/c1-4-6(2)7(5-8)9-3/h4,7,9H,1-2,5,8H2,3H3/t7-/m1/s1. The van der Waals surface area contributed by atoms with Gasteiger partial charge in [-0.15, -0.1) is 0 Å². The molecular formula is C7H14N2. The Morgan fingerprint density at radius 3 is 2.56 bits per heavy atom. The zero-order chi connectivity index (χ0) is 7.28. The van der Waals surface area contributed by atoms with Crippen molar-refractivity contribution in [3.05, 3.63) is 24.8 Å². The monoisotopic (exact) mass is 126 g/mol. The molecule has 0 saturated carbocycles. The fourth-order valence-electron chi connectivity index (χ4n) is 0.597. The number of hydrogen-bond acceptors (Lipinski definition) is 2. The van der Waals surface area contributed by atoms with E-state index in [-0.39, 0.29) is 6.04 Å². The molecule has 0 unspecified atom stereocenters. The van der Waals surface area contributed by atoms with Gasteiger partial charge in [0.1, 0.15) is 0 Å². The van der Waals surface area contributed by atoms with Crippen LogP contribution >= 0.6 is 0 Å². The number of rotatable bonds is 4. The van der Waals surface area contributed by atoms with Crippen LogP contribution in [-0.4, -0.2) is 19.6 Å². The van der Waals surface area contributed by atoms with Gasteiger partial charge >= 0.3 is 0 Å². The van der Waals surface area contributed by atoms with Gasteiger partial charge in [0.15, 0.2) is 0 Å². The maximum absolute atomic E-state index is 5.39. The third-order valence-electron chi connectivity index (χ3n) is 1.29. The van der Waals surface area contributed by atoms with Crippen LogP contribution in [0, 0.1) is 0 Å². The van der Waals surface area contributed by atoms with E-state index in [1.807, 2.05) is 7.05 Å². The first kappa shape index (κ1) is 8.40. The Morgan fingerprint density at radius 1 is 1.89 bits per heavy atom. The lowest BCUT2D eigenvalue weighted by Crippen LogP contribution is -2.34. The van der Waals surface area contributed by atoms with Crippen molar-refractivity contribution in [3.8, 4) is 0 Å². The molecule has 0 aliphatic carbocycles. The predicted octanol–water partition coefficient (Wildman–Crippen LogP) is 0.275. The number of nitrogens with two attached hydrogens (primary N) is 1. The highest BCUT2D eigenvalue weighted by atomic mass is 14.9. The van der Waals surface area contributed by atoms with E-state index in [0.29, 0.717) is 6.54 Å². The van der Waals surface area contributed by atoms with Gasteiger partial charge < -0.3 is 11.1 Å². The van der Waals surface area contributed by atoms with E-state index in [0.717, 1.165) is 5.57 Å². The second kappa shape index (κ2) is 4.30. The summed E-state index contributed by atoms with van der Waals surface area (Å²) in [5.74, 6) is 0. The van der Waals surface area contributed by atoms with Crippen molar-refractivity contribution in [2.45, 2.75) is 6.04 Å². The first-order valence-electron chi connectivity index (χ1n) is 2.94. The highest BCUT2D eigenvalue weighted by Gasteiger charge is 2.02. The quantitative estimate of drug-likeness (QED) is 0.531. The van der Waals surface area contributed by atoms with Gasteiger partial charge in [0.05, 0.1) is 0 Å². The molecule has 2 heteroatoms. The predicted molar refractivity (Wildman–Crippen MR) is 41.2 cm³/mol. The van der Waals surface area contributed by atoms with Gasteiger partial charge in [0.25, 0.3) is 0 Å². The lowest BCUT2D eigenvalue weighted by molar-refractivity contribution is 0.658. The summed E-state index contributed by atoms with van der Waals surface area (Å²) in [6.07, 6.45) is 1.72. The van der Waals surface area contributed by atoms with E-state index in [4.69, 9.17) is 5.73 Å². The summed E-state index contributed by atoms with van der Waals surface area (Å²) in [7, 11) is 1.85. The molecule has 0 aromatic rings.